The largest absolute Gasteiger partial charge is 0.350 e. The van der Waals surface area contributed by atoms with Gasteiger partial charge >= 0.3 is 7.60 Å². The summed E-state index contributed by atoms with van der Waals surface area (Å²) < 4.78 is 26.2. The average Bonchev–Trinajstić information content (AvgIpc) is 2.81. The summed E-state index contributed by atoms with van der Waals surface area (Å²) in [5, 5.41) is 5.06. The molecule has 0 amide bonds. The Morgan fingerprint density at radius 3 is 1.77 bits per heavy atom. The zero-order valence-electron chi connectivity index (χ0n) is 18.8. The molecule has 0 aliphatic heterocycles. The molecule has 170 valence electrons. The van der Waals surface area contributed by atoms with Crippen LogP contribution in [0, 0.1) is 5.92 Å². The molecule has 1 fully saturated rings. The highest BCUT2D eigenvalue weighted by Gasteiger charge is 2.54. The summed E-state index contributed by atoms with van der Waals surface area (Å²) in [6, 6.07) is 20.4. The van der Waals surface area contributed by atoms with Crippen molar-refractivity contribution < 1.29 is 13.6 Å². The van der Waals surface area contributed by atoms with Gasteiger partial charge in [0.1, 0.15) is 5.28 Å². The van der Waals surface area contributed by atoms with Crippen LogP contribution in [0.1, 0.15) is 52.9 Å². The number of hydrogen-bond acceptors (Lipinski definition) is 4. The fourth-order valence-corrected chi connectivity index (χ4v) is 11.6. The van der Waals surface area contributed by atoms with Crippen molar-refractivity contribution in [3.8, 4) is 0 Å². The minimum Gasteiger partial charge on any atom is -0.308 e. The van der Waals surface area contributed by atoms with Crippen molar-refractivity contribution in [1.82, 2.24) is 5.09 Å². The van der Waals surface area contributed by atoms with Crippen LogP contribution in [0.3, 0.4) is 0 Å². The predicted octanol–water partition coefficient (Wildman–Crippen LogP) is 6.18. The van der Waals surface area contributed by atoms with Gasteiger partial charge in [-0.1, -0.05) is 91.7 Å². The Labute approximate surface area is 192 Å². The lowest BCUT2D eigenvalue weighted by molar-refractivity contribution is 0.162. The van der Waals surface area contributed by atoms with Gasteiger partial charge in [0.15, 0.2) is 0 Å². The molecule has 1 aliphatic carbocycles. The summed E-state index contributed by atoms with van der Waals surface area (Å²) in [6.45, 7) is 6.44. The number of rotatable bonds is 10. The lowest BCUT2D eigenvalue weighted by atomic mass is 9.84. The van der Waals surface area contributed by atoms with Gasteiger partial charge in [0.05, 0.1) is 19.4 Å². The van der Waals surface area contributed by atoms with Gasteiger partial charge in [-0.3, -0.25) is 9.65 Å². The van der Waals surface area contributed by atoms with Crippen LogP contribution in [-0.4, -0.2) is 18.5 Å². The second-order valence-corrected chi connectivity index (χ2v) is 14.8. The van der Waals surface area contributed by atoms with E-state index in [-0.39, 0.29) is 5.92 Å². The van der Waals surface area contributed by atoms with E-state index in [1.165, 1.54) is 6.42 Å². The molecule has 7 heteroatoms. The van der Waals surface area contributed by atoms with E-state index in [2.05, 4.69) is 29.4 Å². The van der Waals surface area contributed by atoms with Crippen molar-refractivity contribution in [2.45, 2.75) is 58.2 Å². The molecule has 1 atom stereocenters. The van der Waals surface area contributed by atoms with Gasteiger partial charge in [-0.05, 0) is 39.5 Å². The fraction of sp³-hybridized carbons (Fsp3) is 0.500. The Hall–Kier alpha value is -0.800. The highest BCUT2D eigenvalue weighted by molar-refractivity contribution is 8.21. The van der Waals surface area contributed by atoms with Gasteiger partial charge in [-0.15, -0.1) is 0 Å². The summed E-state index contributed by atoms with van der Waals surface area (Å²) in [6.07, 6.45) is 2.94. The zero-order chi connectivity index (χ0) is 22.4. The van der Waals surface area contributed by atoms with Crippen LogP contribution in [0.25, 0.3) is 0 Å². The van der Waals surface area contributed by atoms with E-state index in [0.29, 0.717) is 13.2 Å². The summed E-state index contributed by atoms with van der Waals surface area (Å²) in [7, 11) is -3.50. The molecule has 1 N–H and O–H groups in total. The molecule has 0 radical (unpaired) electrons. The molecule has 0 bridgehead atoms. The van der Waals surface area contributed by atoms with Crippen molar-refractivity contribution in [3.05, 3.63) is 60.7 Å². The second kappa shape index (κ2) is 10.9. The molecule has 0 spiro atoms. The maximum atomic E-state index is 14.3. The molecule has 0 saturated heterocycles. The van der Waals surface area contributed by atoms with Crippen LogP contribution < -0.4 is 15.7 Å². The Kier molecular flexibility index (Phi) is 8.72. The first kappa shape index (κ1) is 24.8. The number of nitrogens with one attached hydrogen (secondary N) is 1. The third kappa shape index (κ3) is 5.24. The molecule has 4 nitrogen and oxygen atoms in total. The molecule has 0 heterocycles. The van der Waals surface area contributed by atoms with Gasteiger partial charge < -0.3 is 9.05 Å². The molecule has 31 heavy (non-hydrogen) atoms. The minimum absolute atomic E-state index is 0.167. The maximum absolute atomic E-state index is 14.3. The molecular formula is C24H35NO3P2S. The topological polar surface area (TPSA) is 47.6 Å². The Bertz CT molecular complexity index is 865. The first-order chi connectivity index (χ1) is 14.9. The standard InChI is InChI=1S/C24H35NO3P2S/c1-4-27-30(26,28-5-2)24(3,21-15-9-6-10-16-21)25-29(31,22-17-11-7-12-18-22)23-19-13-8-14-20-23/h7-8,11-14,17-21H,4-6,9-10,15-16H2,1-3H3,(H,25,31)/t24-/m1/s1. The predicted molar refractivity (Wildman–Crippen MR) is 135 cm³/mol. The normalized spacial score (nSPS) is 17.9. The van der Waals surface area contributed by atoms with Gasteiger partial charge in [-0.25, -0.2) is 0 Å². The lowest BCUT2D eigenvalue weighted by Crippen LogP contribution is -2.51. The monoisotopic (exact) mass is 479 g/mol. The van der Waals surface area contributed by atoms with Crippen LogP contribution in [-0.2, 0) is 25.4 Å². The van der Waals surface area contributed by atoms with Crippen molar-refractivity contribution >= 4 is 36.2 Å². The summed E-state index contributed by atoms with van der Waals surface area (Å²) in [5.41, 5.74) is 0. The quantitative estimate of drug-likeness (QED) is 0.412. The van der Waals surface area contributed by atoms with Crippen LogP contribution in [0.5, 0.6) is 0 Å². The second-order valence-electron chi connectivity index (χ2n) is 8.21. The van der Waals surface area contributed by atoms with Crippen LogP contribution >= 0.6 is 13.8 Å². The van der Waals surface area contributed by atoms with E-state index in [0.717, 1.165) is 36.3 Å². The maximum Gasteiger partial charge on any atom is 0.350 e. The van der Waals surface area contributed by atoms with Gasteiger partial charge in [0.2, 0.25) is 0 Å². The third-order valence-corrected chi connectivity index (χ3v) is 13.5. The summed E-state index contributed by atoms with van der Waals surface area (Å²) in [4.78, 5) is 0. The number of hydrogen-bond donors (Lipinski definition) is 1. The molecular weight excluding hydrogens is 444 g/mol. The third-order valence-electron chi connectivity index (χ3n) is 6.19. The van der Waals surface area contributed by atoms with Crippen molar-refractivity contribution in [2.75, 3.05) is 13.2 Å². The van der Waals surface area contributed by atoms with Gasteiger partial charge in [-0.2, -0.15) is 0 Å². The van der Waals surface area contributed by atoms with E-state index in [9.17, 15) is 4.57 Å². The molecule has 3 rings (SSSR count). The van der Waals surface area contributed by atoms with Crippen LogP contribution in [0.15, 0.2) is 60.7 Å². The molecule has 0 aromatic heterocycles. The highest BCUT2D eigenvalue weighted by Crippen LogP contribution is 2.66. The van der Waals surface area contributed by atoms with E-state index >= 15 is 0 Å². The smallest absolute Gasteiger partial charge is 0.308 e. The van der Waals surface area contributed by atoms with E-state index < -0.39 is 19.1 Å². The fourth-order valence-electron chi connectivity index (χ4n) is 4.56. The highest BCUT2D eigenvalue weighted by atomic mass is 32.4. The van der Waals surface area contributed by atoms with E-state index in [1.807, 2.05) is 57.2 Å². The van der Waals surface area contributed by atoms with Crippen LogP contribution in [0.2, 0.25) is 0 Å². The molecule has 1 saturated carbocycles. The van der Waals surface area contributed by atoms with Crippen molar-refractivity contribution in [3.63, 3.8) is 0 Å². The summed E-state index contributed by atoms with van der Waals surface area (Å²) >= 11 is 6.46. The number of benzene rings is 2. The first-order valence-electron chi connectivity index (χ1n) is 11.3. The summed E-state index contributed by atoms with van der Waals surface area (Å²) in [5.74, 6) is 0.167. The van der Waals surface area contributed by atoms with Crippen molar-refractivity contribution in [1.29, 1.82) is 0 Å². The van der Waals surface area contributed by atoms with Crippen molar-refractivity contribution in [2.24, 2.45) is 5.92 Å². The first-order valence-corrected chi connectivity index (χ1v) is 15.6. The van der Waals surface area contributed by atoms with E-state index in [4.69, 9.17) is 20.9 Å². The van der Waals surface area contributed by atoms with E-state index in [1.54, 1.807) is 0 Å². The molecule has 0 unspecified atom stereocenters. The van der Waals surface area contributed by atoms with Gasteiger partial charge in [0, 0.05) is 10.6 Å². The minimum atomic E-state index is -3.50. The lowest BCUT2D eigenvalue weighted by Gasteiger charge is -2.47. The molecule has 2 aromatic rings. The molecule has 1 aliphatic rings. The zero-order valence-corrected chi connectivity index (χ0v) is 21.4. The Morgan fingerprint density at radius 2 is 1.35 bits per heavy atom. The molecule has 2 aromatic carbocycles. The SMILES string of the molecule is CCOP(=O)(OCC)[C@@](C)(NP(=S)(c1ccccc1)c1ccccc1)C1CCCCC1. The van der Waals surface area contributed by atoms with Gasteiger partial charge in [0.25, 0.3) is 0 Å². The van der Waals surface area contributed by atoms with Crippen LogP contribution in [0.4, 0.5) is 0 Å². The average molecular weight is 480 g/mol. The Balaban J connectivity index is 2.17. The Morgan fingerprint density at radius 1 is 0.903 bits per heavy atom.